The Morgan fingerprint density at radius 1 is 1.11 bits per heavy atom. The highest BCUT2D eigenvalue weighted by atomic mass is 19.4. The molecular weight excluding hydrogens is 363 g/mol. The molecule has 27 heavy (non-hydrogen) atoms. The van der Waals surface area contributed by atoms with E-state index in [1.54, 1.807) is 4.90 Å². The van der Waals surface area contributed by atoms with Crippen molar-refractivity contribution in [2.45, 2.75) is 45.6 Å². The minimum Gasteiger partial charge on any atom is -0.440 e. The van der Waals surface area contributed by atoms with E-state index < -0.39 is 28.5 Å². The molecule has 1 aliphatic rings. The van der Waals surface area contributed by atoms with Gasteiger partial charge in [0, 0.05) is 19.2 Å². The van der Waals surface area contributed by atoms with Crippen LogP contribution in [0.25, 0.3) is 11.0 Å². The Morgan fingerprint density at radius 3 is 2.26 bits per heavy atom. The smallest absolute Gasteiger partial charge is 0.440 e. The standard InChI is InChI=1S/C19H22F3NO4/c1-11-8-12-14(24)10-15(23-6-4-17(2,3)5-7-23)27-16(12)13(9-11)18(25,26)19(20,21)22/h8-10,25-26H,4-7H2,1-3H3. The van der Waals surface area contributed by atoms with Gasteiger partial charge in [-0.05, 0) is 42.9 Å². The molecule has 1 saturated heterocycles. The van der Waals surface area contributed by atoms with E-state index in [2.05, 4.69) is 13.8 Å². The van der Waals surface area contributed by atoms with E-state index in [-0.39, 0.29) is 22.2 Å². The van der Waals surface area contributed by atoms with Crippen LogP contribution >= 0.6 is 0 Å². The van der Waals surface area contributed by atoms with Crippen LogP contribution in [-0.4, -0.2) is 29.5 Å². The normalized spacial score (nSPS) is 18.1. The molecule has 0 saturated carbocycles. The number of anilines is 1. The summed E-state index contributed by atoms with van der Waals surface area (Å²) in [5.74, 6) is -4.00. The number of hydrogen-bond acceptors (Lipinski definition) is 5. The fourth-order valence-corrected chi connectivity index (χ4v) is 3.29. The van der Waals surface area contributed by atoms with Crippen molar-refractivity contribution in [2.24, 2.45) is 5.41 Å². The molecular formula is C19H22F3NO4. The zero-order valence-corrected chi connectivity index (χ0v) is 15.4. The van der Waals surface area contributed by atoms with Crippen molar-refractivity contribution in [1.29, 1.82) is 0 Å². The second-order valence-electron chi connectivity index (χ2n) is 7.96. The van der Waals surface area contributed by atoms with Gasteiger partial charge < -0.3 is 19.5 Å². The lowest BCUT2D eigenvalue weighted by Gasteiger charge is -2.37. The predicted octanol–water partition coefficient (Wildman–Crippen LogP) is 3.43. The van der Waals surface area contributed by atoms with Crippen LogP contribution in [-0.2, 0) is 5.79 Å². The maximum atomic E-state index is 13.2. The molecule has 0 aliphatic carbocycles. The van der Waals surface area contributed by atoms with E-state index in [1.807, 2.05) is 0 Å². The van der Waals surface area contributed by atoms with Crippen LogP contribution in [0.3, 0.4) is 0 Å². The van der Waals surface area contributed by atoms with Crippen LogP contribution in [0, 0.1) is 12.3 Å². The Balaban J connectivity index is 2.18. The van der Waals surface area contributed by atoms with Gasteiger partial charge in [-0.3, -0.25) is 4.79 Å². The molecule has 1 fully saturated rings. The number of alkyl halides is 3. The Kier molecular flexibility index (Phi) is 4.55. The van der Waals surface area contributed by atoms with Crippen LogP contribution in [0.2, 0.25) is 0 Å². The van der Waals surface area contributed by atoms with E-state index in [0.717, 1.165) is 18.9 Å². The van der Waals surface area contributed by atoms with Gasteiger partial charge in [0.05, 0.1) is 10.9 Å². The largest absolute Gasteiger partial charge is 0.447 e. The number of hydrogen-bond donors (Lipinski definition) is 2. The summed E-state index contributed by atoms with van der Waals surface area (Å²) in [6, 6.07) is 3.59. The summed E-state index contributed by atoms with van der Waals surface area (Å²) in [7, 11) is 0. The number of rotatable bonds is 2. The second-order valence-corrected chi connectivity index (χ2v) is 7.96. The fraction of sp³-hybridized carbons (Fsp3) is 0.526. The fourth-order valence-electron chi connectivity index (χ4n) is 3.29. The predicted molar refractivity (Wildman–Crippen MR) is 94.6 cm³/mol. The van der Waals surface area contributed by atoms with E-state index in [9.17, 15) is 28.2 Å². The lowest BCUT2D eigenvalue weighted by molar-refractivity contribution is -0.357. The molecule has 0 atom stereocenters. The molecule has 0 radical (unpaired) electrons. The highest BCUT2D eigenvalue weighted by Crippen LogP contribution is 2.41. The van der Waals surface area contributed by atoms with Gasteiger partial charge in [-0.15, -0.1) is 0 Å². The van der Waals surface area contributed by atoms with Gasteiger partial charge in [-0.1, -0.05) is 13.8 Å². The lowest BCUT2D eigenvalue weighted by Crippen LogP contribution is -2.42. The average molecular weight is 385 g/mol. The molecule has 2 N–H and O–H groups in total. The first-order valence-corrected chi connectivity index (χ1v) is 8.67. The van der Waals surface area contributed by atoms with Crippen molar-refractivity contribution in [1.82, 2.24) is 0 Å². The maximum absolute atomic E-state index is 13.2. The van der Waals surface area contributed by atoms with Gasteiger partial charge in [0.1, 0.15) is 5.58 Å². The van der Waals surface area contributed by atoms with Crippen LogP contribution in [0.1, 0.15) is 37.8 Å². The summed E-state index contributed by atoms with van der Waals surface area (Å²) in [5.41, 5.74) is -1.46. The van der Waals surface area contributed by atoms with Crippen molar-refractivity contribution in [3.8, 4) is 0 Å². The van der Waals surface area contributed by atoms with Crippen molar-refractivity contribution in [3.05, 3.63) is 39.5 Å². The third-order valence-electron chi connectivity index (χ3n) is 5.16. The number of nitrogens with zero attached hydrogens (tertiary/aromatic N) is 1. The third kappa shape index (κ3) is 3.55. The zero-order chi connectivity index (χ0) is 20.2. The number of aryl methyl sites for hydroxylation is 1. The molecule has 2 heterocycles. The first-order valence-electron chi connectivity index (χ1n) is 8.67. The molecule has 148 valence electrons. The Morgan fingerprint density at radius 2 is 1.70 bits per heavy atom. The summed E-state index contributed by atoms with van der Waals surface area (Å²) in [6.45, 7) is 6.89. The molecule has 5 nitrogen and oxygen atoms in total. The second kappa shape index (κ2) is 6.24. The number of halogens is 3. The minimum atomic E-state index is -5.35. The summed E-state index contributed by atoms with van der Waals surface area (Å²) in [6.07, 6.45) is -3.68. The van der Waals surface area contributed by atoms with Crippen molar-refractivity contribution in [3.63, 3.8) is 0 Å². The third-order valence-corrected chi connectivity index (χ3v) is 5.16. The number of aliphatic hydroxyl groups is 2. The monoisotopic (exact) mass is 385 g/mol. The summed E-state index contributed by atoms with van der Waals surface area (Å²) < 4.78 is 45.2. The molecule has 0 amide bonds. The van der Waals surface area contributed by atoms with Gasteiger partial charge in [-0.2, -0.15) is 13.2 Å². The molecule has 0 bridgehead atoms. The summed E-state index contributed by atoms with van der Waals surface area (Å²) >= 11 is 0. The number of piperidine rings is 1. The van der Waals surface area contributed by atoms with E-state index >= 15 is 0 Å². The Labute approximate surface area is 154 Å². The summed E-state index contributed by atoms with van der Waals surface area (Å²) in [5, 5.41) is 19.4. The van der Waals surface area contributed by atoms with Gasteiger partial charge in [0.15, 0.2) is 11.3 Å². The van der Waals surface area contributed by atoms with Gasteiger partial charge in [0.25, 0.3) is 5.79 Å². The number of benzene rings is 1. The van der Waals surface area contributed by atoms with Crippen LogP contribution in [0.15, 0.2) is 27.4 Å². The molecule has 8 heteroatoms. The Bertz CT molecular complexity index is 921. The quantitative estimate of drug-likeness (QED) is 0.775. The highest BCUT2D eigenvalue weighted by molar-refractivity contribution is 5.82. The topological polar surface area (TPSA) is 73.9 Å². The SMILES string of the molecule is Cc1cc(C(O)(O)C(F)(F)F)c2oc(N3CCC(C)(C)CC3)cc(=O)c2c1. The van der Waals surface area contributed by atoms with Crippen LogP contribution < -0.4 is 10.3 Å². The van der Waals surface area contributed by atoms with E-state index in [1.165, 1.54) is 19.1 Å². The van der Waals surface area contributed by atoms with Crippen LogP contribution in [0.4, 0.5) is 19.1 Å². The van der Waals surface area contributed by atoms with E-state index in [4.69, 9.17) is 4.42 Å². The van der Waals surface area contributed by atoms with Crippen LogP contribution in [0.5, 0.6) is 0 Å². The van der Waals surface area contributed by atoms with Crippen molar-refractivity contribution >= 4 is 16.9 Å². The minimum absolute atomic E-state index is 0.122. The average Bonchev–Trinajstić information content (AvgIpc) is 2.53. The maximum Gasteiger partial charge on any atom is 0.447 e. The van der Waals surface area contributed by atoms with Gasteiger partial charge in [0.2, 0.25) is 0 Å². The van der Waals surface area contributed by atoms with E-state index in [0.29, 0.717) is 13.1 Å². The highest BCUT2D eigenvalue weighted by Gasteiger charge is 2.55. The molecule has 3 rings (SSSR count). The summed E-state index contributed by atoms with van der Waals surface area (Å²) in [4.78, 5) is 14.3. The molecule has 1 aromatic heterocycles. The molecule has 1 aromatic carbocycles. The van der Waals surface area contributed by atoms with Gasteiger partial charge >= 0.3 is 6.18 Å². The van der Waals surface area contributed by atoms with Crippen molar-refractivity contribution < 1.29 is 27.8 Å². The molecule has 2 aromatic rings. The first kappa shape index (κ1) is 19.7. The zero-order valence-electron chi connectivity index (χ0n) is 15.4. The van der Waals surface area contributed by atoms with Crippen molar-refractivity contribution in [2.75, 3.05) is 18.0 Å². The lowest BCUT2D eigenvalue weighted by atomic mass is 9.83. The van der Waals surface area contributed by atoms with Gasteiger partial charge in [-0.25, -0.2) is 0 Å². The molecule has 0 unspecified atom stereocenters. The molecule has 0 spiro atoms. The first-order chi connectivity index (χ1) is 12.3. The number of fused-ring (bicyclic) bond motifs is 1. The Hall–Kier alpha value is -2.06. The molecule has 1 aliphatic heterocycles.